The Morgan fingerprint density at radius 1 is 1.44 bits per heavy atom. The average molecular weight is 273 g/mol. The maximum atomic E-state index is 8.74. The number of aliphatic hydroxyl groups excluding tert-OH is 1. The van der Waals surface area contributed by atoms with Crippen LogP contribution >= 0.6 is 11.6 Å². The van der Waals surface area contributed by atoms with Gasteiger partial charge in [-0.2, -0.15) is 0 Å². The summed E-state index contributed by atoms with van der Waals surface area (Å²) in [5.41, 5.74) is 6.68. The van der Waals surface area contributed by atoms with Crippen LogP contribution in [0.25, 0.3) is 0 Å². The summed E-state index contributed by atoms with van der Waals surface area (Å²) < 4.78 is 5.32. The number of rotatable bonds is 8. The lowest BCUT2D eigenvalue weighted by molar-refractivity contribution is 0.282. The standard InChI is InChI=1S/C13H21ClN2O2/c1-18-12-6-4-5-10(14)13(12)11(9-15)16-7-2-3-8-17/h4-6,11,16-17H,2-3,7-9,15H2,1H3. The van der Waals surface area contributed by atoms with Gasteiger partial charge >= 0.3 is 0 Å². The summed E-state index contributed by atoms with van der Waals surface area (Å²) in [6, 6.07) is 5.52. The van der Waals surface area contributed by atoms with Crippen molar-refractivity contribution in [2.24, 2.45) is 5.73 Å². The Morgan fingerprint density at radius 3 is 2.83 bits per heavy atom. The van der Waals surface area contributed by atoms with Gasteiger partial charge in [-0.05, 0) is 31.5 Å². The van der Waals surface area contributed by atoms with Crippen LogP contribution in [0.4, 0.5) is 0 Å². The fraction of sp³-hybridized carbons (Fsp3) is 0.538. The molecule has 4 nitrogen and oxygen atoms in total. The van der Waals surface area contributed by atoms with E-state index in [0.717, 1.165) is 30.7 Å². The number of aliphatic hydroxyl groups is 1. The van der Waals surface area contributed by atoms with Crippen molar-refractivity contribution >= 4 is 11.6 Å². The molecule has 0 radical (unpaired) electrons. The van der Waals surface area contributed by atoms with Crippen LogP contribution < -0.4 is 15.8 Å². The molecular formula is C13H21ClN2O2. The minimum absolute atomic E-state index is 0.0349. The monoisotopic (exact) mass is 272 g/mol. The van der Waals surface area contributed by atoms with Crippen LogP contribution in [-0.2, 0) is 0 Å². The van der Waals surface area contributed by atoms with Gasteiger partial charge in [-0.3, -0.25) is 0 Å². The minimum Gasteiger partial charge on any atom is -0.496 e. The van der Waals surface area contributed by atoms with Crippen LogP contribution in [0.15, 0.2) is 18.2 Å². The van der Waals surface area contributed by atoms with Crippen LogP contribution in [0.3, 0.4) is 0 Å². The van der Waals surface area contributed by atoms with Gasteiger partial charge in [0.25, 0.3) is 0 Å². The number of methoxy groups -OCH3 is 1. The highest BCUT2D eigenvalue weighted by Gasteiger charge is 2.17. The van der Waals surface area contributed by atoms with E-state index in [4.69, 9.17) is 27.2 Å². The maximum Gasteiger partial charge on any atom is 0.125 e. The molecule has 1 aromatic rings. The number of unbranched alkanes of at least 4 members (excludes halogenated alkanes) is 1. The van der Waals surface area contributed by atoms with E-state index >= 15 is 0 Å². The second-order valence-electron chi connectivity index (χ2n) is 4.03. The zero-order chi connectivity index (χ0) is 13.4. The molecule has 0 amide bonds. The summed E-state index contributed by atoms with van der Waals surface area (Å²) in [5.74, 6) is 0.743. The van der Waals surface area contributed by atoms with Crippen LogP contribution in [0.2, 0.25) is 5.02 Å². The molecule has 1 atom stereocenters. The molecular weight excluding hydrogens is 252 g/mol. The summed E-state index contributed by atoms with van der Waals surface area (Å²) in [7, 11) is 1.62. The molecule has 0 aliphatic heterocycles. The first-order valence-electron chi connectivity index (χ1n) is 6.11. The number of halogens is 1. The van der Waals surface area contributed by atoms with Crippen molar-refractivity contribution in [1.29, 1.82) is 0 Å². The molecule has 0 heterocycles. The molecule has 0 aliphatic rings. The van der Waals surface area contributed by atoms with E-state index in [9.17, 15) is 0 Å². The highest BCUT2D eigenvalue weighted by Crippen LogP contribution is 2.31. The zero-order valence-electron chi connectivity index (χ0n) is 10.7. The third-order valence-corrected chi connectivity index (χ3v) is 3.12. The van der Waals surface area contributed by atoms with Crippen molar-refractivity contribution in [2.75, 3.05) is 26.8 Å². The Kier molecular flexibility index (Phi) is 7.05. The third-order valence-electron chi connectivity index (χ3n) is 2.79. The minimum atomic E-state index is -0.0349. The molecule has 0 saturated carbocycles. The van der Waals surface area contributed by atoms with Crippen LogP contribution in [0.5, 0.6) is 5.75 Å². The number of hydrogen-bond acceptors (Lipinski definition) is 4. The summed E-state index contributed by atoms with van der Waals surface area (Å²) in [6.07, 6.45) is 1.68. The highest BCUT2D eigenvalue weighted by atomic mass is 35.5. The van der Waals surface area contributed by atoms with Crippen LogP contribution in [0.1, 0.15) is 24.4 Å². The number of hydrogen-bond donors (Lipinski definition) is 3. The molecule has 0 saturated heterocycles. The average Bonchev–Trinajstić information content (AvgIpc) is 2.39. The van der Waals surface area contributed by atoms with Gasteiger partial charge in [0, 0.05) is 29.8 Å². The van der Waals surface area contributed by atoms with E-state index in [1.54, 1.807) is 7.11 Å². The molecule has 0 bridgehead atoms. The van der Waals surface area contributed by atoms with Gasteiger partial charge in [0.2, 0.25) is 0 Å². The van der Waals surface area contributed by atoms with E-state index in [1.807, 2.05) is 18.2 Å². The lowest BCUT2D eigenvalue weighted by Crippen LogP contribution is -2.29. The SMILES string of the molecule is COc1cccc(Cl)c1C(CN)NCCCCO. The lowest BCUT2D eigenvalue weighted by Gasteiger charge is -2.21. The Hall–Kier alpha value is -0.810. The molecule has 0 spiro atoms. The van der Waals surface area contributed by atoms with Crippen molar-refractivity contribution < 1.29 is 9.84 Å². The Balaban J connectivity index is 2.74. The fourth-order valence-electron chi connectivity index (χ4n) is 1.85. The first-order chi connectivity index (χ1) is 8.74. The first-order valence-corrected chi connectivity index (χ1v) is 6.49. The van der Waals surface area contributed by atoms with Gasteiger partial charge in [0.15, 0.2) is 0 Å². The number of benzene rings is 1. The number of ether oxygens (including phenoxy) is 1. The molecule has 4 N–H and O–H groups in total. The predicted octanol–water partition coefficient (Wildman–Crippen LogP) is 1.71. The molecule has 102 valence electrons. The van der Waals surface area contributed by atoms with Crippen molar-refractivity contribution in [3.63, 3.8) is 0 Å². The van der Waals surface area contributed by atoms with E-state index in [1.165, 1.54) is 0 Å². The van der Waals surface area contributed by atoms with E-state index < -0.39 is 0 Å². The summed E-state index contributed by atoms with van der Waals surface area (Å²) >= 11 is 6.21. The van der Waals surface area contributed by atoms with Crippen molar-refractivity contribution in [3.8, 4) is 5.75 Å². The number of nitrogens with two attached hydrogens (primary N) is 1. The molecule has 0 aromatic heterocycles. The molecule has 18 heavy (non-hydrogen) atoms. The van der Waals surface area contributed by atoms with Gasteiger partial charge in [-0.25, -0.2) is 0 Å². The molecule has 0 aliphatic carbocycles. The molecule has 1 aromatic carbocycles. The Bertz CT molecular complexity index is 361. The summed E-state index contributed by atoms with van der Waals surface area (Å²) in [6.45, 7) is 1.44. The normalized spacial score (nSPS) is 12.4. The quantitative estimate of drug-likeness (QED) is 0.630. The second-order valence-corrected chi connectivity index (χ2v) is 4.44. The van der Waals surface area contributed by atoms with Gasteiger partial charge in [0.1, 0.15) is 5.75 Å². The maximum absolute atomic E-state index is 8.74. The van der Waals surface area contributed by atoms with Crippen molar-refractivity contribution in [1.82, 2.24) is 5.32 Å². The Morgan fingerprint density at radius 2 is 2.22 bits per heavy atom. The molecule has 1 unspecified atom stereocenters. The Labute approximate surface area is 113 Å². The van der Waals surface area contributed by atoms with E-state index in [-0.39, 0.29) is 12.6 Å². The summed E-state index contributed by atoms with van der Waals surface area (Å²) in [5, 5.41) is 12.7. The van der Waals surface area contributed by atoms with Gasteiger partial charge in [-0.15, -0.1) is 0 Å². The van der Waals surface area contributed by atoms with Crippen molar-refractivity contribution in [2.45, 2.75) is 18.9 Å². The van der Waals surface area contributed by atoms with Gasteiger partial charge in [0.05, 0.1) is 7.11 Å². The zero-order valence-corrected chi connectivity index (χ0v) is 11.4. The van der Waals surface area contributed by atoms with Crippen LogP contribution in [-0.4, -0.2) is 31.9 Å². The highest BCUT2D eigenvalue weighted by molar-refractivity contribution is 6.31. The largest absolute Gasteiger partial charge is 0.496 e. The fourth-order valence-corrected chi connectivity index (χ4v) is 2.15. The molecule has 1 rings (SSSR count). The van der Waals surface area contributed by atoms with Crippen LogP contribution in [0, 0.1) is 0 Å². The van der Waals surface area contributed by atoms with Gasteiger partial charge in [-0.1, -0.05) is 17.7 Å². The first kappa shape index (κ1) is 15.2. The van der Waals surface area contributed by atoms with E-state index in [0.29, 0.717) is 11.6 Å². The summed E-state index contributed by atoms with van der Waals surface area (Å²) in [4.78, 5) is 0. The topological polar surface area (TPSA) is 67.5 Å². The second kappa shape index (κ2) is 8.32. The van der Waals surface area contributed by atoms with E-state index in [2.05, 4.69) is 5.32 Å². The molecule has 0 fully saturated rings. The predicted molar refractivity (Wildman–Crippen MR) is 74.1 cm³/mol. The van der Waals surface area contributed by atoms with Crippen molar-refractivity contribution in [3.05, 3.63) is 28.8 Å². The third kappa shape index (κ3) is 4.14. The number of nitrogens with one attached hydrogen (secondary N) is 1. The molecule has 5 heteroatoms. The smallest absolute Gasteiger partial charge is 0.125 e. The lowest BCUT2D eigenvalue weighted by atomic mass is 10.1. The van der Waals surface area contributed by atoms with Gasteiger partial charge < -0.3 is 20.9 Å².